The second-order valence-corrected chi connectivity index (χ2v) is 6.21. The second-order valence-electron chi connectivity index (χ2n) is 6.21. The number of fused-ring (bicyclic) bond motifs is 1. The summed E-state index contributed by atoms with van der Waals surface area (Å²) >= 11 is 0. The lowest BCUT2D eigenvalue weighted by Crippen LogP contribution is -2.13. The fourth-order valence-electron chi connectivity index (χ4n) is 2.91. The Balaban J connectivity index is 1.92. The zero-order chi connectivity index (χ0) is 20.8. The van der Waals surface area contributed by atoms with E-state index in [9.17, 15) is 20.0 Å². The number of aromatic hydroxyl groups is 1. The summed E-state index contributed by atoms with van der Waals surface area (Å²) in [6, 6.07) is 15.3. The topological polar surface area (TPSA) is 104 Å². The summed E-state index contributed by atoms with van der Waals surface area (Å²) in [5.41, 5.74) is 1.81. The molecule has 0 saturated heterocycles. The molecule has 3 rings (SSSR count). The van der Waals surface area contributed by atoms with Gasteiger partial charge in [-0.15, -0.1) is 0 Å². The first kappa shape index (κ1) is 19.7. The molecule has 0 atom stereocenters. The molecule has 7 heteroatoms. The maximum Gasteiger partial charge on any atom is 0.325 e. The molecule has 29 heavy (non-hydrogen) atoms. The summed E-state index contributed by atoms with van der Waals surface area (Å²) in [5, 5.41) is 22.2. The number of nitrogens with one attached hydrogen (secondary N) is 1. The molecule has 3 aromatic rings. The van der Waals surface area contributed by atoms with E-state index in [1.165, 1.54) is 30.3 Å². The third-order valence-electron chi connectivity index (χ3n) is 4.21. The standard InChI is InChI=1S/C22H19N3O4/c1-2-29-21(27)14-25-13-16(19-5-3-4-6-20(19)25)11-15(12-23)22(28)24-17-7-9-18(26)10-8-17/h3-11,13,26H,2,14H2,1H3,(H,24,28). The van der Waals surface area contributed by atoms with Gasteiger partial charge in [0.2, 0.25) is 0 Å². The molecule has 1 aromatic heterocycles. The van der Waals surface area contributed by atoms with Crippen LogP contribution in [0, 0.1) is 11.3 Å². The van der Waals surface area contributed by atoms with Gasteiger partial charge < -0.3 is 19.7 Å². The number of para-hydroxylation sites is 1. The van der Waals surface area contributed by atoms with E-state index >= 15 is 0 Å². The van der Waals surface area contributed by atoms with Crippen LogP contribution in [0.1, 0.15) is 12.5 Å². The number of carbonyl (C=O) groups is 2. The highest BCUT2D eigenvalue weighted by Crippen LogP contribution is 2.24. The van der Waals surface area contributed by atoms with E-state index < -0.39 is 5.91 Å². The molecule has 2 aromatic carbocycles. The van der Waals surface area contributed by atoms with Gasteiger partial charge >= 0.3 is 5.97 Å². The first-order chi connectivity index (χ1) is 14.0. The van der Waals surface area contributed by atoms with E-state index in [0.717, 1.165) is 10.9 Å². The molecule has 2 N–H and O–H groups in total. The van der Waals surface area contributed by atoms with Gasteiger partial charge in [0.05, 0.1) is 6.61 Å². The first-order valence-electron chi connectivity index (χ1n) is 8.97. The number of hydrogen-bond acceptors (Lipinski definition) is 5. The number of nitrogens with zero attached hydrogens (tertiary/aromatic N) is 2. The lowest BCUT2D eigenvalue weighted by Gasteiger charge is -2.04. The van der Waals surface area contributed by atoms with E-state index in [4.69, 9.17) is 4.74 Å². The first-order valence-corrected chi connectivity index (χ1v) is 8.97. The smallest absolute Gasteiger partial charge is 0.325 e. The Labute approximate surface area is 167 Å². The quantitative estimate of drug-likeness (QED) is 0.291. The third-order valence-corrected chi connectivity index (χ3v) is 4.21. The number of hydrogen-bond donors (Lipinski definition) is 2. The van der Waals surface area contributed by atoms with Crippen molar-refractivity contribution in [3.8, 4) is 11.8 Å². The molecule has 0 bridgehead atoms. The van der Waals surface area contributed by atoms with Crippen molar-refractivity contribution >= 4 is 34.5 Å². The lowest BCUT2D eigenvalue weighted by atomic mass is 10.1. The maximum atomic E-state index is 12.5. The summed E-state index contributed by atoms with van der Waals surface area (Å²) < 4.78 is 6.74. The Morgan fingerprint density at radius 1 is 1.21 bits per heavy atom. The molecule has 0 unspecified atom stereocenters. The number of ether oxygens (including phenoxy) is 1. The largest absolute Gasteiger partial charge is 0.508 e. The number of phenols is 1. The van der Waals surface area contributed by atoms with Crippen molar-refractivity contribution in [1.82, 2.24) is 4.57 Å². The molecule has 0 radical (unpaired) electrons. The Kier molecular flexibility index (Phi) is 5.95. The average Bonchev–Trinajstić information content (AvgIpc) is 3.05. The molecular weight excluding hydrogens is 370 g/mol. The highest BCUT2D eigenvalue weighted by atomic mass is 16.5. The number of esters is 1. The van der Waals surface area contributed by atoms with Crippen LogP contribution < -0.4 is 5.32 Å². The molecule has 0 saturated carbocycles. The number of nitriles is 1. The van der Waals surface area contributed by atoms with Crippen molar-refractivity contribution < 1.29 is 19.4 Å². The van der Waals surface area contributed by atoms with Gasteiger partial charge in [0.25, 0.3) is 5.91 Å². The monoisotopic (exact) mass is 389 g/mol. The van der Waals surface area contributed by atoms with Gasteiger partial charge in [-0.2, -0.15) is 5.26 Å². The van der Waals surface area contributed by atoms with Crippen LogP contribution in [0.25, 0.3) is 17.0 Å². The summed E-state index contributed by atoms with van der Waals surface area (Å²) in [7, 11) is 0. The molecule has 0 aliphatic rings. The molecule has 146 valence electrons. The number of rotatable bonds is 6. The Bertz CT molecular complexity index is 1120. The molecule has 0 fully saturated rings. The average molecular weight is 389 g/mol. The fourth-order valence-corrected chi connectivity index (χ4v) is 2.91. The fraction of sp³-hybridized carbons (Fsp3) is 0.136. The lowest BCUT2D eigenvalue weighted by molar-refractivity contribution is -0.143. The van der Waals surface area contributed by atoms with Crippen LogP contribution in [0.4, 0.5) is 5.69 Å². The van der Waals surface area contributed by atoms with Crippen molar-refractivity contribution in [2.75, 3.05) is 11.9 Å². The van der Waals surface area contributed by atoms with Gasteiger partial charge in [-0.1, -0.05) is 18.2 Å². The molecular formula is C22H19N3O4. The minimum Gasteiger partial charge on any atom is -0.508 e. The predicted octanol–water partition coefficient (Wildman–Crippen LogP) is 3.46. The summed E-state index contributed by atoms with van der Waals surface area (Å²) in [6.45, 7) is 2.07. The molecule has 1 amide bonds. The second kappa shape index (κ2) is 8.76. The predicted molar refractivity (Wildman–Crippen MR) is 109 cm³/mol. The zero-order valence-electron chi connectivity index (χ0n) is 15.8. The van der Waals surface area contributed by atoms with Gasteiger partial charge in [-0.3, -0.25) is 9.59 Å². The van der Waals surface area contributed by atoms with E-state index in [-0.39, 0.29) is 23.8 Å². The van der Waals surface area contributed by atoms with E-state index in [0.29, 0.717) is 17.9 Å². The van der Waals surface area contributed by atoms with Crippen molar-refractivity contribution in [2.45, 2.75) is 13.5 Å². The van der Waals surface area contributed by atoms with Gasteiger partial charge in [0.1, 0.15) is 23.9 Å². The number of amides is 1. The van der Waals surface area contributed by atoms with E-state index in [2.05, 4.69) is 5.32 Å². The van der Waals surface area contributed by atoms with Crippen LogP contribution in [0.3, 0.4) is 0 Å². The van der Waals surface area contributed by atoms with Gasteiger partial charge in [0, 0.05) is 28.4 Å². The molecule has 0 aliphatic heterocycles. The zero-order valence-corrected chi connectivity index (χ0v) is 15.8. The van der Waals surface area contributed by atoms with Crippen LogP contribution in [-0.4, -0.2) is 28.2 Å². The SMILES string of the molecule is CCOC(=O)Cn1cc(C=C(C#N)C(=O)Nc2ccc(O)cc2)c2ccccc21. The van der Waals surface area contributed by atoms with Gasteiger partial charge in [0.15, 0.2) is 0 Å². The van der Waals surface area contributed by atoms with Crippen LogP contribution >= 0.6 is 0 Å². The van der Waals surface area contributed by atoms with Crippen molar-refractivity contribution in [2.24, 2.45) is 0 Å². The highest BCUT2D eigenvalue weighted by molar-refractivity contribution is 6.10. The van der Waals surface area contributed by atoms with Crippen molar-refractivity contribution in [3.63, 3.8) is 0 Å². The van der Waals surface area contributed by atoms with Crippen LogP contribution in [0.5, 0.6) is 5.75 Å². The third kappa shape index (κ3) is 4.62. The Hall–Kier alpha value is -4.05. The highest BCUT2D eigenvalue weighted by Gasteiger charge is 2.14. The normalized spacial score (nSPS) is 11.1. The van der Waals surface area contributed by atoms with E-state index in [1.54, 1.807) is 17.7 Å². The van der Waals surface area contributed by atoms with Crippen LogP contribution in [0.15, 0.2) is 60.3 Å². The molecule has 0 aliphatic carbocycles. The molecule has 7 nitrogen and oxygen atoms in total. The Morgan fingerprint density at radius 3 is 2.62 bits per heavy atom. The van der Waals surface area contributed by atoms with Crippen molar-refractivity contribution in [3.05, 3.63) is 65.9 Å². The Morgan fingerprint density at radius 2 is 1.93 bits per heavy atom. The van der Waals surface area contributed by atoms with Crippen LogP contribution in [-0.2, 0) is 20.9 Å². The number of aromatic nitrogens is 1. The molecule has 1 heterocycles. The van der Waals surface area contributed by atoms with Gasteiger partial charge in [-0.25, -0.2) is 0 Å². The number of carbonyl (C=O) groups excluding carboxylic acids is 2. The summed E-state index contributed by atoms with van der Waals surface area (Å²) in [5.74, 6) is -0.858. The minimum atomic E-state index is -0.569. The minimum absolute atomic E-state index is 0.0315. The summed E-state index contributed by atoms with van der Waals surface area (Å²) in [6.07, 6.45) is 3.20. The van der Waals surface area contributed by atoms with Crippen molar-refractivity contribution in [1.29, 1.82) is 5.26 Å². The maximum absolute atomic E-state index is 12.5. The summed E-state index contributed by atoms with van der Waals surface area (Å²) in [4.78, 5) is 24.4. The van der Waals surface area contributed by atoms with Gasteiger partial charge in [-0.05, 0) is 43.3 Å². The van der Waals surface area contributed by atoms with Crippen LogP contribution in [0.2, 0.25) is 0 Å². The molecule has 0 spiro atoms. The number of phenolic OH excluding ortho intramolecular Hbond substituents is 1. The number of benzene rings is 2. The van der Waals surface area contributed by atoms with E-state index in [1.807, 2.05) is 30.3 Å². The number of anilines is 1.